The van der Waals surface area contributed by atoms with Gasteiger partial charge >= 0.3 is 6.03 Å². The number of ketones is 1. The topological polar surface area (TPSA) is 78.1 Å². The predicted octanol–water partition coefficient (Wildman–Crippen LogP) is 4.83. The zero-order valence-electron chi connectivity index (χ0n) is 14.9. The van der Waals surface area contributed by atoms with Crippen LogP contribution < -0.4 is 5.32 Å². The molecule has 6 nitrogen and oxygen atoms in total. The number of hydrogen-bond donors (Lipinski definition) is 2. The number of urea groups is 1. The SMILES string of the molecule is Cc1[nH]nc2cc(NC(=O)N3C=CC(=O)C[C@H]3c3ccc(F)cc3)c(Br)cc12. The van der Waals surface area contributed by atoms with E-state index in [-0.39, 0.29) is 18.0 Å². The molecule has 0 radical (unpaired) electrons. The van der Waals surface area contributed by atoms with Crippen molar-refractivity contribution >= 4 is 44.3 Å². The number of allylic oxidation sites excluding steroid dienone is 1. The summed E-state index contributed by atoms with van der Waals surface area (Å²) in [5, 5.41) is 10.9. The molecule has 0 bridgehead atoms. The molecule has 2 N–H and O–H groups in total. The van der Waals surface area contributed by atoms with E-state index in [1.54, 1.807) is 18.2 Å². The van der Waals surface area contributed by atoms with E-state index in [1.807, 2.05) is 13.0 Å². The molecule has 28 heavy (non-hydrogen) atoms. The quantitative estimate of drug-likeness (QED) is 0.596. The second-order valence-corrected chi connectivity index (χ2v) is 7.44. The van der Waals surface area contributed by atoms with Crippen molar-refractivity contribution in [1.82, 2.24) is 15.1 Å². The number of fused-ring (bicyclic) bond motifs is 1. The van der Waals surface area contributed by atoms with Crippen LogP contribution in [0.5, 0.6) is 0 Å². The second-order valence-electron chi connectivity index (χ2n) is 6.59. The molecule has 0 unspecified atom stereocenters. The van der Waals surface area contributed by atoms with Crippen LogP contribution in [0.3, 0.4) is 0 Å². The average Bonchev–Trinajstić information content (AvgIpc) is 3.02. The molecule has 142 valence electrons. The molecule has 0 saturated carbocycles. The van der Waals surface area contributed by atoms with Gasteiger partial charge in [0, 0.05) is 28.2 Å². The number of aromatic amines is 1. The average molecular weight is 443 g/mol. The van der Waals surface area contributed by atoms with Crippen LogP contribution in [0.4, 0.5) is 14.9 Å². The number of anilines is 1. The molecule has 2 amide bonds. The molecular formula is C20H16BrFN4O2. The first-order valence-corrected chi connectivity index (χ1v) is 9.41. The van der Waals surface area contributed by atoms with Crippen molar-refractivity contribution in [2.75, 3.05) is 5.32 Å². The summed E-state index contributed by atoms with van der Waals surface area (Å²) in [4.78, 5) is 26.3. The Kier molecular flexibility index (Phi) is 4.72. The summed E-state index contributed by atoms with van der Waals surface area (Å²) < 4.78 is 14.0. The number of amides is 2. The highest BCUT2D eigenvalue weighted by Crippen LogP contribution is 2.32. The minimum absolute atomic E-state index is 0.0898. The number of nitrogens with zero attached hydrogens (tertiary/aromatic N) is 2. The van der Waals surface area contributed by atoms with Gasteiger partial charge < -0.3 is 5.32 Å². The lowest BCUT2D eigenvalue weighted by atomic mass is 9.97. The monoisotopic (exact) mass is 442 g/mol. The molecule has 3 aromatic rings. The van der Waals surface area contributed by atoms with Crippen molar-refractivity contribution in [2.45, 2.75) is 19.4 Å². The zero-order chi connectivity index (χ0) is 19.8. The van der Waals surface area contributed by atoms with Crippen LogP contribution in [-0.4, -0.2) is 26.9 Å². The van der Waals surface area contributed by atoms with Gasteiger partial charge in [-0.3, -0.25) is 14.8 Å². The number of aryl methyl sites for hydroxylation is 1. The number of halogens is 2. The van der Waals surface area contributed by atoms with Crippen molar-refractivity contribution in [3.63, 3.8) is 0 Å². The van der Waals surface area contributed by atoms with E-state index < -0.39 is 12.1 Å². The van der Waals surface area contributed by atoms with Gasteiger partial charge in [-0.2, -0.15) is 5.10 Å². The first-order valence-electron chi connectivity index (χ1n) is 8.62. The van der Waals surface area contributed by atoms with Crippen molar-refractivity contribution in [1.29, 1.82) is 0 Å². The van der Waals surface area contributed by atoms with Gasteiger partial charge in [0.15, 0.2) is 5.78 Å². The minimum Gasteiger partial charge on any atom is -0.306 e. The van der Waals surface area contributed by atoms with Crippen molar-refractivity contribution in [3.05, 3.63) is 70.2 Å². The van der Waals surface area contributed by atoms with E-state index in [4.69, 9.17) is 0 Å². The van der Waals surface area contributed by atoms with Gasteiger partial charge in [0.2, 0.25) is 0 Å². The molecule has 8 heteroatoms. The second kappa shape index (κ2) is 7.20. The van der Waals surface area contributed by atoms with Crippen molar-refractivity contribution in [2.24, 2.45) is 0 Å². The number of nitrogens with one attached hydrogen (secondary N) is 2. The summed E-state index contributed by atoms with van der Waals surface area (Å²) in [5.41, 5.74) is 2.91. The third kappa shape index (κ3) is 3.43. The van der Waals surface area contributed by atoms with E-state index in [9.17, 15) is 14.0 Å². The van der Waals surface area contributed by atoms with Gasteiger partial charge in [0.1, 0.15) is 5.82 Å². The number of hydrogen-bond acceptors (Lipinski definition) is 3. The van der Waals surface area contributed by atoms with Gasteiger partial charge in [-0.1, -0.05) is 12.1 Å². The highest BCUT2D eigenvalue weighted by atomic mass is 79.9. The zero-order valence-corrected chi connectivity index (χ0v) is 16.5. The van der Waals surface area contributed by atoms with Gasteiger partial charge in [-0.25, -0.2) is 9.18 Å². The Balaban J connectivity index is 1.63. The standard InChI is InChI=1S/C20H16BrFN4O2/c1-11-15-9-16(21)18(10-17(15)25-24-11)23-20(28)26-7-6-14(27)8-19(26)12-2-4-13(22)5-3-12/h2-7,9-10,19H,8H2,1H3,(H,23,28)(H,24,25)/t19-/m0/s1. The predicted molar refractivity (Wildman–Crippen MR) is 107 cm³/mol. The lowest BCUT2D eigenvalue weighted by Crippen LogP contribution is -2.37. The largest absolute Gasteiger partial charge is 0.326 e. The molecular weight excluding hydrogens is 427 g/mol. The fraction of sp³-hybridized carbons (Fsp3) is 0.150. The van der Waals surface area contributed by atoms with Gasteiger partial charge in [-0.05, 0) is 58.8 Å². The summed E-state index contributed by atoms with van der Waals surface area (Å²) in [7, 11) is 0. The first-order chi connectivity index (χ1) is 13.4. The highest BCUT2D eigenvalue weighted by molar-refractivity contribution is 9.10. The number of aromatic nitrogens is 2. The molecule has 0 spiro atoms. The summed E-state index contributed by atoms with van der Waals surface area (Å²) in [6, 6.07) is 8.56. The van der Waals surface area contributed by atoms with Crippen LogP contribution in [0.15, 0.2) is 53.1 Å². The van der Waals surface area contributed by atoms with E-state index >= 15 is 0 Å². The Hall–Kier alpha value is -3.00. The smallest absolute Gasteiger partial charge is 0.306 e. The summed E-state index contributed by atoms with van der Waals surface area (Å²) in [6.45, 7) is 1.92. The molecule has 0 fully saturated rings. The Morgan fingerprint density at radius 2 is 2.07 bits per heavy atom. The Bertz CT molecular complexity index is 1110. The molecule has 1 aliphatic rings. The third-order valence-electron chi connectivity index (χ3n) is 4.72. The van der Waals surface area contributed by atoms with Crippen LogP contribution in [0.2, 0.25) is 0 Å². The molecule has 1 aromatic heterocycles. The Labute approximate surface area is 168 Å². The molecule has 2 heterocycles. The van der Waals surface area contributed by atoms with E-state index in [2.05, 4.69) is 31.4 Å². The van der Waals surface area contributed by atoms with Crippen LogP contribution in [-0.2, 0) is 4.79 Å². The number of carbonyl (C=O) groups is 2. The van der Waals surface area contributed by atoms with Crippen molar-refractivity contribution in [3.8, 4) is 0 Å². The first kappa shape index (κ1) is 18.4. The molecule has 0 saturated heterocycles. The van der Waals surface area contributed by atoms with Crippen LogP contribution >= 0.6 is 15.9 Å². The maximum absolute atomic E-state index is 13.3. The Morgan fingerprint density at radius 1 is 1.32 bits per heavy atom. The van der Waals surface area contributed by atoms with Crippen LogP contribution in [0.25, 0.3) is 10.9 Å². The van der Waals surface area contributed by atoms with Crippen LogP contribution in [0, 0.1) is 12.7 Å². The van der Waals surface area contributed by atoms with E-state index in [1.165, 1.54) is 29.3 Å². The van der Waals surface area contributed by atoms with Gasteiger partial charge in [0.05, 0.1) is 17.2 Å². The molecule has 1 atom stereocenters. The number of carbonyl (C=O) groups excluding carboxylic acids is 2. The molecule has 4 rings (SSSR count). The fourth-order valence-electron chi connectivity index (χ4n) is 3.23. The fourth-order valence-corrected chi connectivity index (χ4v) is 3.67. The summed E-state index contributed by atoms with van der Waals surface area (Å²) in [5.74, 6) is -0.461. The number of rotatable bonds is 2. The lowest BCUT2D eigenvalue weighted by molar-refractivity contribution is -0.116. The number of H-pyrrole nitrogens is 1. The lowest BCUT2D eigenvalue weighted by Gasteiger charge is -2.31. The molecule has 1 aliphatic heterocycles. The van der Waals surface area contributed by atoms with E-state index in [0.717, 1.165) is 16.6 Å². The maximum atomic E-state index is 13.3. The van der Waals surface area contributed by atoms with Gasteiger partial charge in [-0.15, -0.1) is 0 Å². The normalized spacial score (nSPS) is 16.6. The van der Waals surface area contributed by atoms with Gasteiger partial charge in [0.25, 0.3) is 0 Å². The van der Waals surface area contributed by atoms with Crippen LogP contribution in [0.1, 0.15) is 23.7 Å². The summed E-state index contributed by atoms with van der Waals surface area (Å²) in [6.07, 6.45) is 2.96. The summed E-state index contributed by atoms with van der Waals surface area (Å²) >= 11 is 3.48. The molecule has 0 aliphatic carbocycles. The Morgan fingerprint density at radius 3 is 2.82 bits per heavy atom. The molecule has 2 aromatic carbocycles. The minimum atomic E-state index is -0.506. The highest BCUT2D eigenvalue weighted by Gasteiger charge is 2.29. The van der Waals surface area contributed by atoms with E-state index in [0.29, 0.717) is 15.7 Å². The maximum Gasteiger partial charge on any atom is 0.326 e. The number of benzene rings is 2. The van der Waals surface area contributed by atoms with Crippen molar-refractivity contribution < 1.29 is 14.0 Å². The third-order valence-corrected chi connectivity index (χ3v) is 5.37.